The van der Waals surface area contributed by atoms with E-state index in [1.807, 2.05) is 30.3 Å². The maximum atomic E-state index is 13.6. The zero-order valence-corrected chi connectivity index (χ0v) is 15.0. The predicted octanol–water partition coefficient (Wildman–Crippen LogP) is 5.22. The quantitative estimate of drug-likeness (QED) is 0.447. The number of halogens is 2. The van der Waals surface area contributed by atoms with Crippen LogP contribution < -0.4 is 15.4 Å². The topological polar surface area (TPSA) is 74.2 Å². The molecule has 3 aromatic rings. The molecule has 0 spiro atoms. The fraction of sp³-hybridized carbons (Fsp3) is 0. The van der Waals surface area contributed by atoms with Crippen LogP contribution in [-0.2, 0) is 4.79 Å². The summed E-state index contributed by atoms with van der Waals surface area (Å²) < 4.78 is 32.9. The SMILES string of the molecule is N#C/C(=C/Nc1c(F)cccc1F)C(=O)Nc1ccc(Oc2ccccc2)cc1. The van der Waals surface area contributed by atoms with Crippen molar-refractivity contribution in [2.75, 3.05) is 10.6 Å². The number of hydrogen-bond acceptors (Lipinski definition) is 4. The summed E-state index contributed by atoms with van der Waals surface area (Å²) in [6.45, 7) is 0. The molecule has 0 aliphatic heterocycles. The average molecular weight is 391 g/mol. The highest BCUT2D eigenvalue weighted by Crippen LogP contribution is 2.23. The highest BCUT2D eigenvalue weighted by molar-refractivity contribution is 6.06. The number of carbonyl (C=O) groups excluding carboxylic acids is 1. The summed E-state index contributed by atoms with van der Waals surface area (Å²) >= 11 is 0. The number of amides is 1. The molecule has 0 fully saturated rings. The Balaban J connectivity index is 1.65. The Morgan fingerprint density at radius 2 is 1.52 bits per heavy atom. The molecule has 0 saturated heterocycles. The Morgan fingerprint density at radius 3 is 2.14 bits per heavy atom. The molecule has 0 unspecified atom stereocenters. The average Bonchev–Trinajstić information content (AvgIpc) is 2.72. The van der Waals surface area contributed by atoms with Gasteiger partial charge < -0.3 is 15.4 Å². The van der Waals surface area contributed by atoms with Crippen LogP contribution in [0.2, 0.25) is 0 Å². The van der Waals surface area contributed by atoms with Gasteiger partial charge in [-0.3, -0.25) is 4.79 Å². The zero-order chi connectivity index (χ0) is 20.6. The monoisotopic (exact) mass is 391 g/mol. The molecule has 0 heterocycles. The lowest BCUT2D eigenvalue weighted by atomic mass is 10.2. The van der Waals surface area contributed by atoms with Gasteiger partial charge in [0, 0.05) is 11.9 Å². The minimum absolute atomic E-state index is 0.350. The first kappa shape index (κ1) is 19.6. The number of ether oxygens (including phenoxy) is 1. The second kappa shape index (κ2) is 9.15. The van der Waals surface area contributed by atoms with Crippen LogP contribution in [-0.4, -0.2) is 5.91 Å². The number of para-hydroxylation sites is 2. The predicted molar refractivity (Wildman–Crippen MR) is 105 cm³/mol. The maximum Gasteiger partial charge on any atom is 0.267 e. The fourth-order valence-corrected chi connectivity index (χ4v) is 2.36. The number of nitrogens with zero attached hydrogens (tertiary/aromatic N) is 1. The van der Waals surface area contributed by atoms with E-state index in [1.54, 1.807) is 30.3 Å². The summed E-state index contributed by atoms with van der Waals surface area (Å²) in [5.74, 6) is -1.17. The number of carbonyl (C=O) groups is 1. The van der Waals surface area contributed by atoms with Crippen LogP contribution in [0.5, 0.6) is 11.5 Å². The molecule has 144 valence electrons. The maximum absolute atomic E-state index is 13.6. The molecule has 7 heteroatoms. The summed E-state index contributed by atoms with van der Waals surface area (Å²) in [5.41, 5.74) is -0.374. The summed E-state index contributed by atoms with van der Waals surface area (Å²) in [6.07, 6.45) is 0.948. The number of nitrogens with one attached hydrogen (secondary N) is 2. The normalized spacial score (nSPS) is 10.7. The van der Waals surface area contributed by atoms with Gasteiger partial charge in [0.05, 0.1) is 0 Å². The molecule has 0 saturated carbocycles. The molecule has 5 nitrogen and oxygen atoms in total. The standard InChI is InChI=1S/C22H15F2N3O2/c23-19-7-4-8-20(24)21(19)26-14-15(13-25)22(28)27-16-9-11-18(12-10-16)29-17-5-2-1-3-6-17/h1-12,14,26H,(H,27,28)/b15-14-. The van der Waals surface area contributed by atoms with Gasteiger partial charge in [-0.05, 0) is 48.5 Å². The molecule has 0 aromatic heterocycles. The minimum Gasteiger partial charge on any atom is -0.457 e. The van der Waals surface area contributed by atoms with Gasteiger partial charge in [0.15, 0.2) is 0 Å². The van der Waals surface area contributed by atoms with Crippen molar-refractivity contribution < 1.29 is 18.3 Å². The largest absolute Gasteiger partial charge is 0.457 e. The Kier molecular flexibility index (Phi) is 6.18. The molecule has 0 atom stereocenters. The first-order valence-electron chi connectivity index (χ1n) is 8.52. The van der Waals surface area contributed by atoms with Crippen LogP contribution in [0, 0.1) is 23.0 Å². The van der Waals surface area contributed by atoms with Crippen molar-refractivity contribution >= 4 is 17.3 Å². The van der Waals surface area contributed by atoms with Crippen molar-refractivity contribution in [2.24, 2.45) is 0 Å². The van der Waals surface area contributed by atoms with Crippen molar-refractivity contribution in [1.29, 1.82) is 5.26 Å². The van der Waals surface area contributed by atoms with Gasteiger partial charge in [0.2, 0.25) is 0 Å². The second-order valence-electron chi connectivity index (χ2n) is 5.80. The smallest absolute Gasteiger partial charge is 0.267 e. The Bertz CT molecular complexity index is 1060. The molecule has 29 heavy (non-hydrogen) atoms. The molecule has 0 radical (unpaired) electrons. The van der Waals surface area contributed by atoms with Crippen molar-refractivity contribution in [3.8, 4) is 17.6 Å². The fourth-order valence-electron chi connectivity index (χ4n) is 2.36. The van der Waals surface area contributed by atoms with Gasteiger partial charge >= 0.3 is 0 Å². The van der Waals surface area contributed by atoms with E-state index in [-0.39, 0.29) is 5.57 Å². The van der Waals surface area contributed by atoms with Crippen molar-refractivity contribution in [3.63, 3.8) is 0 Å². The van der Waals surface area contributed by atoms with Crippen LogP contribution >= 0.6 is 0 Å². The lowest BCUT2D eigenvalue weighted by Crippen LogP contribution is -2.14. The third-order valence-corrected chi connectivity index (χ3v) is 3.78. The molecule has 1 amide bonds. The Labute approximate surface area is 165 Å². The highest BCUT2D eigenvalue weighted by atomic mass is 19.1. The van der Waals surface area contributed by atoms with E-state index < -0.39 is 23.2 Å². The molecule has 3 aromatic carbocycles. The summed E-state index contributed by atoms with van der Waals surface area (Å²) in [7, 11) is 0. The summed E-state index contributed by atoms with van der Waals surface area (Å²) in [5, 5.41) is 14.0. The van der Waals surface area contributed by atoms with Crippen LogP contribution in [0.3, 0.4) is 0 Å². The second-order valence-corrected chi connectivity index (χ2v) is 5.80. The van der Waals surface area contributed by atoms with E-state index >= 15 is 0 Å². The minimum atomic E-state index is -0.840. The first-order chi connectivity index (χ1) is 14.1. The number of hydrogen-bond donors (Lipinski definition) is 2. The van der Waals surface area contributed by atoms with E-state index in [2.05, 4.69) is 10.6 Å². The number of rotatable bonds is 6. The Hall–Kier alpha value is -4.18. The third kappa shape index (κ3) is 5.17. The van der Waals surface area contributed by atoms with E-state index in [9.17, 15) is 18.8 Å². The van der Waals surface area contributed by atoms with Crippen molar-refractivity contribution in [2.45, 2.75) is 0 Å². The van der Waals surface area contributed by atoms with Crippen LogP contribution in [0.15, 0.2) is 84.6 Å². The first-order valence-corrected chi connectivity index (χ1v) is 8.52. The summed E-state index contributed by atoms with van der Waals surface area (Å²) in [4.78, 5) is 12.3. The molecular weight excluding hydrogens is 376 g/mol. The van der Waals surface area contributed by atoms with E-state index in [0.29, 0.717) is 17.2 Å². The van der Waals surface area contributed by atoms with Gasteiger partial charge in [0.1, 0.15) is 40.5 Å². The third-order valence-electron chi connectivity index (χ3n) is 3.78. The molecule has 0 bridgehead atoms. The number of nitriles is 1. The summed E-state index contributed by atoms with van der Waals surface area (Å²) in [6, 6.07) is 20.7. The van der Waals surface area contributed by atoms with E-state index in [4.69, 9.17) is 4.74 Å². The molecule has 0 aliphatic carbocycles. The van der Waals surface area contributed by atoms with Gasteiger partial charge in [-0.15, -0.1) is 0 Å². The van der Waals surface area contributed by atoms with Crippen LogP contribution in [0.25, 0.3) is 0 Å². The number of anilines is 2. The van der Waals surface area contributed by atoms with Gasteiger partial charge in [-0.1, -0.05) is 24.3 Å². The molecule has 3 rings (SSSR count). The van der Waals surface area contributed by atoms with E-state index in [0.717, 1.165) is 18.3 Å². The van der Waals surface area contributed by atoms with Gasteiger partial charge in [0.25, 0.3) is 5.91 Å². The molecular formula is C22H15F2N3O2. The Morgan fingerprint density at radius 1 is 0.897 bits per heavy atom. The van der Waals surface area contributed by atoms with Crippen LogP contribution in [0.4, 0.5) is 20.2 Å². The van der Waals surface area contributed by atoms with Crippen LogP contribution in [0.1, 0.15) is 0 Å². The number of benzene rings is 3. The molecule has 0 aliphatic rings. The molecule has 2 N–H and O–H groups in total. The van der Waals surface area contributed by atoms with E-state index in [1.165, 1.54) is 6.07 Å². The van der Waals surface area contributed by atoms with Crippen molar-refractivity contribution in [3.05, 3.63) is 96.2 Å². The van der Waals surface area contributed by atoms with Gasteiger partial charge in [-0.2, -0.15) is 5.26 Å². The zero-order valence-electron chi connectivity index (χ0n) is 15.0. The van der Waals surface area contributed by atoms with Crippen molar-refractivity contribution in [1.82, 2.24) is 0 Å². The lowest BCUT2D eigenvalue weighted by molar-refractivity contribution is -0.112. The highest BCUT2D eigenvalue weighted by Gasteiger charge is 2.12. The van der Waals surface area contributed by atoms with Gasteiger partial charge in [-0.25, -0.2) is 8.78 Å². The lowest BCUT2D eigenvalue weighted by Gasteiger charge is -2.08.